The van der Waals surface area contributed by atoms with Gasteiger partial charge in [0.05, 0.1) is 4.92 Å². The molecule has 0 saturated heterocycles. The molecule has 0 saturated carbocycles. The van der Waals surface area contributed by atoms with Gasteiger partial charge in [-0.2, -0.15) is 0 Å². The molecule has 1 aromatic carbocycles. The molecule has 0 spiro atoms. The zero-order chi connectivity index (χ0) is 14.7. The number of carbonyl (C=O) groups is 1. The Bertz CT molecular complexity index is 688. The maximum Gasteiger partial charge on any atom is 0.270 e. The van der Waals surface area contributed by atoms with E-state index >= 15 is 0 Å². The molecule has 2 aromatic rings. The van der Waals surface area contributed by atoms with Crippen LogP contribution in [-0.2, 0) is 0 Å². The van der Waals surface area contributed by atoms with Crippen molar-refractivity contribution < 1.29 is 9.72 Å². The molecule has 0 radical (unpaired) electrons. The Balaban J connectivity index is 2.29. The van der Waals surface area contributed by atoms with E-state index in [1.165, 1.54) is 30.5 Å². The highest BCUT2D eigenvalue weighted by Gasteiger charge is 2.15. The monoisotopic (exact) mass is 291 g/mol. The highest BCUT2D eigenvalue weighted by atomic mass is 35.5. The number of nitro groups is 1. The van der Waals surface area contributed by atoms with Crippen LogP contribution in [0.4, 0.5) is 11.5 Å². The zero-order valence-corrected chi connectivity index (χ0v) is 11.2. The largest absolute Gasteiger partial charge is 0.307 e. The second kappa shape index (κ2) is 5.66. The van der Waals surface area contributed by atoms with Gasteiger partial charge in [-0.05, 0) is 24.6 Å². The van der Waals surface area contributed by atoms with Crippen LogP contribution in [0, 0.1) is 17.0 Å². The Morgan fingerprint density at radius 1 is 1.35 bits per heavy atom. The van der Waals surface area contributed by atoms with Crippen molar-refractivity contribution in [1.29, 1.82) is 0 Å². The van der Waals surface area contributed by atoms with Crippen LogP contribution in [0.1, 0.15) is 15.9 Å². The van der Waals surface area contributed by atoms with Crippen molar-refractivity contribution in [2.45, 2.75) is 6.92 Å². The Hall–Kier alpha value is -2.47. The third-order valence-corrected chi connectivity index (χ3v) is 2.88. The average molecular weight is 292 g/mol. The number of nitrogens with zero attached hydrogens (tertiary/aromatic N) is 2. The number of hydrogen-bond acceptors (Lipinski definition) is 4. The number of benzene rings is 1. The molecule has 1 amide bonds. The first kappa shape index (κ1) is 14.0. The zero-order valence-electron chi connectivity index (χ0n) is 10.5. The topological polar surface area (TPSA) is 85.1 Å². The van der Waals surface area contributed by atoms with Crippen LogP contribution in [0.2, 0.25) is 5.02 Å². The maximum atomic E-state index is 12.1. The number of non-ortho nitro benzene ring substituents is 1. The van der Waals surface area contributed by atoms with Crippen molar-refractivity contribution in [2.24, 2.45) is 0 Å². The summed E-state index contributed by atoms with van der Waals surface area (Å²) in [5, 5.41) is 13.7. The number of nitrogens with one attached hydrogen (secondary N) is 1. The molecule has 1 N–H and O–H groups in total. The summed E-state index contributed by atoms with van der Waals surface area (Å²) in [5.41, 5.74) is 0.718. The molecule has 1 heterocycles. The third-order valence-electron chi connectivity index (χ3n) is 2.64. The molecule has 7 heteroatoms. The third kappa shape index (κ3) is 3.10. The number of carbonyl (C=O) groups excluding carboxylic acids is 1. The number of amides is 1. The van der Waals surface area contributed by atoms with Crippen molar-refractivity contribution in [3.63, 3.8) is 0 Å². The Morgan fingerprint density at radius 2 is 2.10 bits per heavy atom. The Morgan fingerprint density at radius 3 is 2.75 bits per heavy atom. The van der Waals surface area contributed by atoms with Gasteiger partial charge in [0.2, 0.25) is 0 Å². The molecule has 0 aliphatic rings. The quantitative estimate of drug-likeness (QED) is 0.695. The number of rotatable bonds is 3. The van der Waals surface area contributed by atoms with E-state index < -0.39 is 10.8 Å². The SMILES string of the molecule is Cc1ccc([N+](=O)[O-])cc1C(=O)Nc1cc(Cl)ccn1. The van der Waals surface area contributed by atoms with Gasteiger partial charge in [0, 0.05) is 28.9 Å². The number of pyridine rings is 1. The van der Waals surface area contributed by atoms with E-state index in [4.69, 9.17) is 11.6 Å². The van der Waals surface area contributed by atoms with E-state index in [1.54, 1.807) is 13.0 Å². The van der Waals surface area contributed by atoms with Crippen molar-refractivity contribution in [2.75, 3.05) is 5.32 Å². The van der Waals surface area contributed by atoms with E-state index in [-0.39, 0.29) is 17.1 Å². The lowest BCUT2D eigenvalue weighted by Crippen LogP contribution is -2.14. The summed E-state index contributed by atoms with van der Waals surface area (Å²) in [4.78, 5) is 26.2. The molecule has 102 valence electrons. The predicted molar refractivity (Wildman–Crippen MR) is 75.0 cm³/mol. The normalized spacial score (nSPS) is 10.1. The molecule has 0 aliphatic heterocycles. The summed E-state index contributed by atoms with van der Waals surface area (Å²) < 4.78 is 0. The molecular formula is C13H10ClN3O3. The molecule has 0 aliphatic carbocycles. The van der Waals surface area contributed by atoms with Crippen LogP contribution in [0.5, 0.6) is 0 Å². The van der Waals surface area contributed by atoms with Crippen molar-refractivity contribution in [3.8, 4) is 0 Å². The standard InChI is InChI=1S/C13H10ClN3O3/c1-8-2-3-10(17(19)20)7-11(8)13(18)16-12-6-9(14)4-5-15-12/h2-7H,1H3,(H,15,16,18). The van der Waals surface area contributed by atoms with Gasteiger partial charge in [-0.15, -0.1) is 0 Å². The van der Waals surface area contributed by atoms with Crippen molar-refractivity contribution in [1.82, 2.24) is 4.98 Å². The lowest BCUT2D eigenvalue weighted by molar-refractivity contribution is -0.384. The Labute approximate surface area is 119 Å². The van der Waals surface area contributed by atoms with Crippen LogP contribution in [-0.4, -0.2) is 15.8 Å². The number of nitro benzene ring substituents is 1. The summed E-state index contributed by atoms with van der Waals surface area (Å²) >= 11 is 5.79. The molecule has 0 unspecified atom stereocenters. The van der Waals surface area contributed by atoms with Crippen LogP contribution < -0.4 is 5.32 Å². The fourth-order valence-electron chi connectivity index (χ4n) is 1.62. The van der Waals surface area contributed by atoms with E-state index in [1.807, 2.05) is 0 Å². The van der Waals surface area contributed by atoms with Gasteiger partial charge >= 0.3 is 0 Å². The second-order valence-electron chi connectivity index (χ2n) is 4.07. The molecular weight excluding hydrogens is 282 g/mol. The first-order valence-corrected chi connectivity index (χ1v) is 6.03. The molecule has 20 heavy (non-hydrogen) atoms. The number of halogens is 1. The summed E-state index contributed by atoms with van der Waals surface area (Å²) in [5.74, 6) is -0.186. The lowest BCUT2D eigenvalue weighted by Gasteiger charge is -2.07. The van der Waals surface area contributed by atoms with Gasteiger partial charge in [-0.3, -0.25) is 14.9 Å². The lowest BCUT2D eigenvalue weighted by atomic mass is 10.1. The fourth-order valence-corrected chi connectivity index (χ4v) is 1.78. The molecule has 0 atom stereocenters. The van der Waals surface area contributed by atoms with Crippen LogP contribution >= 0.6 is 11.6 Å². The fraction of sp³-hybridized carbons (Fsp3) is 0.0769. The van der Waals surface area contributed by atoms with Gasteiger partial charge < -0.3 is 5.32 Å². The minimum atomic E-state index is -0.548. The van der Waals surface area contributed by atoms with Gasteiger partial charge in [0.15, 0.2) is 0 Å². The highest BCUT2D eigenvalue weighted by Crippen LogP contribution is 2.19. The smallest absolute Gasteiger partial charge is 0.270 e. The van der Waals surface area contributed by atoms with Crippen molar-refractivity contribution >= 4 is 29.0 Å². The van der Waals surface area contributed by atoms with Gasteiger partial charge in [0.1, 0.15) is 5.82 Å². The first-order valence-electron chi connectivity index (χ1n) is 5.65. The maximum absolute atomic E-state index is 12.1. The van der Waals surface area contributed by atoms with E-state index in [2.05, 4.69) is 10.3 Å². The molecule has 6 nitrogen and oxygen atoms in total. The summed E-state index contributed by atoms with van der Waals surface area (Å²) in [6.45, 7) is 1.70. The van der Waals surface area contributed by atoms with E-state index in [9.17, 15) is 14.9 Å². The van der Waals surface area contributed by atoms with Crippen LogP contribution in [0.3, 0.4) is 0 Å². The summed E-state index contributed by atoms with van der Waals surface area (Å²) in [7, 11) is 0. The number of anilines is 1. The predicted octanol–water partition coefficient (Wildman–Crippen LogP) is 3.20. The van der Waals surface area contributed by atoms with Gasteiger partial charge in [-0.25, -0.2) is 4.98 Å². The molecule has 1 aromatic heterocycles. The molecule has 0 bridgehead atoms. The van der Waals surface area contributed by atoms with Gasteiger partial charge in [0.25, 0.3) is 11.6 Å². The number of aryl methyl sites for hydroxylation is 1. The number of hydrogen-bond donors (Lipinski definition) is 1. The van der Waals surface area contributed by atoms with E-state index in [0.717, 1.165) is 0 Å². The second-order valence-corrected chi connectivity index (χ2v) is 4.51. The summed E-state index contributed by atoms with van der Waals surface area (Å²) in [6, 6.07) is 7.18. The highest BCUT2D eigenvalue weighted by molar-refractivity contribution is 6.30. The summed E-state index contributed by atoms with van der Waals surface area (Å²) in [6.07, 6.45) is 1.46. The minimum Gasteiger partial charge on any atom is -0.307 e. The average Bonchev–Trinajstić information content (AvgIpc) is 2.38. The van der Waals surface area contributed by atoms with Gasteiger partial charge in [-0.1, -0.05) is 17.7 Å². The van der Waals surface area contributed by atoms with E-state index in [0.29, 0.717) is 10.6 Å². The first-order chi connectivity index (χ1) is 9.47. The minimum absolute atomic E-state index is 0.139. The molecule has 0 fully saturated rings. The van der Waals surface area contributed by atoms with Crippen molar-refractivity contribution in [3.05, 3.63) is 62.8 Å². The number of aromatic nitrogens is 1. The van der Waals surface area contributed by atoms with Crippen LogP contribution in [0.15, 0.2) is 36.5 Å². The molecule has 2 rings (SSSR count). The Kier molecular flexibility index (Phi) is 3.95. The van der Waals surface area contributed by atoms with Crippen LogP contribution in [0.25, 0.3) is 0 Å².